The molecule has 2 heterocycles. The molecule has 0 bridgehead atoms. The van der Waals surface area contributed by atoms with E-state index in [1.54, 1.807) is 0 Å². The van der Waals surface area contributed by atoms with Gasteiger partial charge in [-0.05, 0) is 12.8 Å². The molecule has 122 valence electrons. The predicted octanol–water partition coefficient (Wildman–Crippen LogP) is -1.48. The maximum atomic E-state index is 12.2. The number of carboxylic acid groups (broad SMARTS) is 1. The lowest BCUT2D eigenvalue weighted by atomic mass is 10.0. The second-order valence-electron chi connectivity index (χ2n) is 5.53. The number of piperidine rings is 1. The summed E-state index contributed by atoms with van der Waals surface area (Å²) < 4.78 is 28.2. The Balaban J connectivity index is 1.79. The number of hydrogen-bond donors (Lipinski definition) is 3. The fraction of sp³-hybridized carbons (Fsp3) is 0.917. The smallest absolute Gasteiger partial charge is 0.307 e. The molecule has 2 fully saturated rings. The third-order valence-electron chi connectivity index (χ3n) is 4.00. The third kappa shape index (κ3) is 4.89. The summed E-state index contributed by atoms with van der Waals surface area (Å²) in [4.78, 5) is 13.2. The molecule has 2 aliphatic heterocycles. The zero-order valence-electron chi connectivity index (χ0n) is 12.1. The van der Waals surface area contributed by atoms with Gasteiger partial charge in [-0.3, -0.25) is 9.69 Å². The van der Waals surface area contributed by atoms with Gasteiger partial charge in [0.05, 0.1) is 5.92 Å². The quantitative estimate of drug-likeness (QED) is 0.552. The lowest BCUT2D eigenvalue weighted by molar-refractivity contribution is -0.142. The van der Waals surface area contributed by atoms with Gasteiger partial charge in [0.1, 0.15) is 0 Å². The molecule has 8 nitrogen and oxygen atoms in total. The first-order valence-corrected chi connectivity index (χ1v) is 8.83. The van der Waals surface area contributed by atoms with E-state index in [4.69, 9.17) is 5.11 Å². The largest absolute Gasteiger partial charge is 0.481 e. The number of piperazine rings is 1. The van der Waals surface area contributed by atoms with E-state index in [-0.39, 0.29) is 6.54 Å². The number of rotatable bonds is 6. The van der Waals surface area contributed by atoms with Gasteiger partial charge in [0.2, 0.25) is 0 Å². The Morgan fingerprint density at radius 2 is 2.00 bits per heavy atom. The van der Waals surface area contributed by atoms with Crippen LogP contribution in [0.4, 0.5) is 0 Å². The predicted molar refractivity (Wildman–Crippen MR) is 78.2 cm³/mol. The van der Waals surface area contributed by atoms with E-state index in [0.29, 0.717) is 32.5 Å². The van der Waals surface area contributed by atoms with Crippen LogP contribution in [0, 0.1) is 5.92 Å². The van der Waals surface area contributed by atoms with Gasteiger partial charge in [-0.1, -0.05) is 0 Å². The van der Waals surface area contributed by atoms with Gasteiger partial charge >= 0.3 is 5.97 Å². The van der Waals surface area contributed by atoms with Crippen molar-refractivity contribution in [3.05, 3.63) is 0 Å². The number of carboxylic acids is 1. The van der Waals surface area contributed by atoms with Crippen molar-refractivity contribution in [2.24, 2.45) is 5.92 Å². The molecule has 1 atom stereocenters. The molecule has 21 heavy (non-hydrogen) atoms. The molecule has 0 saturated carbocycles. The van der Waals surface area contributed by atoms with Crippen LogP contribution in [-0.2, 0) is 15.0 Å². The number of carbonyl (C=O) groups is 1. The summed E-state index contributed by atoms with van der Waals surface area (Å²) >= 11 is 0. The van der Waals surface area contributed by atoms with Gasteiger partial charge in [-0.25, -0.2) is 4.72 Å². The van der Waals surface area contributed by atoms with Gasteiger partial charge in [0.15, 0.2) is 0 Å². The van der Waals surface area contributed by atoms with Crippen molar-refractivity contribution in [3.63, 3.8) is 0 Å². The van der Waals surface area contributed by atoms with Crippen molar-refractivity contribution in [3.8, 4) is 0 Å². The number of nitrogens with zero attached hydrogens (tertiary/aromatic N) is 2. The molecule has 2 rings (SSSR count). The maximum absolute atomic E-state index is 12.2. The van der Waals surface area contributed by atoms with E-state index >= 15 is 0 Å². The van der Waals surface area contributed by atoms with Crippen molar-refractivity contribution in [1.29, 1.82) is 0 Å². The van der Waals surface area contributed by atoms with E-state index in [1.807, 2.05) is 0 Å². The minimum Gasteiger partial charge on any atom is -0.481 e. The van der Waals surface area contributed by atoms with Crippen LogP contribution in [0.5, 0.6) is 0 Å². The van der Waals surface area contributed by atoms with Gasteiger partial charge in [-0.15, -0.1) is 0 Å². The summed E-state index contributed by atoms with van der Waals surface area (Å²) in [7, 11) is -3.57. The molecule has 0 aromatic rings. The lowest BCUT2D eigenvalue weighted by Crippen LogP contribution is -2.50. The number of hydrogen-bond acceptors (Lipinski definition) is 5. The van der Waals surface area contributed by atoms with Gasteiger partial charge < -0.3 is 10.4 Å². The summed E-state index contributed by atoms with van der Waals surface area (Å²) in [5.41, 5.74) is 0. The lowest BCUT2D eigenvalue weighted by Gasteiger charge is -2.31. The number of aliphatic carboxylic acids is 1. The Labute approximate surface area is 125 Å². The van der Waals surface area contributed by atoms with E-state index in [9.17, 15) is 13.2 Å². The molecule has 0 aromatic carbocycles. The van der Waals surface area contributed by atoms with Crippen LogP contribution in [-0.4, -0.2) is 81.1 Å². The summed E-state index contributed by atoms with van der Waals surface area (Å²) in [6.07, 6.45) is 1.14. The molecule has 3 N–H and O–H groups in total. The number of nitrogens with one attached hydrogen (secondary N) is 2. The third-order valence-corrected chi connectivity index (χ3v) is 5.58. The van der Waals surface area contributed by atoms with E-state index < -0.39 is 22.1 Å². The highest BCUT2D eigenvalue weighted by molar-refractivity contribution is 7.87. The SMILES string of the molecule is O=C(O)C1CCCN(S(=O)(=O)NCCN2CCNCC2)C1. The van der Waals surface area contributed by atoms with Crippen molar-refractivity contribution in [1.82, 2.24) is 19.2 Å². The molecular formula is C12H24N4O4S. The Morgan fingerprint density at radius 1 is 1.29 bits per heavy atom. The molecule has 1 unspecified atom stereocenters. The average molecular weight is 320 g/mol. The van der Waals surface area contributed by atoms with E-state index in [2.05, 4.69) is 14.9 Å². The molecule has 2 aliphatic rings. The van der Waals surface area contributed by atoms with Crippen LogP contribution in [0.15, 0.2) is 0 Å². The minimum atomic E-state index is -3.57. The standard InChI is InChI=1S/C12H24N4O4S/c17-12(18)11-2-1-6-16(10-11)21(19,20)14-5-9-15-7-3-13-4-8-15/h11,13-14H,1-10H2,(H,17,18). The topological polar surface area (TPSA) is 102 Å². The van der Waals surface area contributed by atoms with Gasteiger partial charge in [0, 0.05) is 52.4 Å². The first-order chi connectivity index (χ1) is 9.99. The average Bonchev–Trinajstić information content (AvgIpc) is 2.48. The summed E-state index contributed by atoms with van der Waals surface area (Å²) in [5.74, 6) is -1.51. The second-order valence-corrected chi connectivity index (χ2v) is 7.28. The Bertz CT molecular complexity index is 450. The molecule has 0 spiro atoms. The molecule has 0 amide bonds. The highest BCUT2D eigenvalue weighted by atomic mass is 32.2. The zero-order valence-corrected chi connectivity index (χ0v) is 12.9. The normalized spacial score (nSPS) is 25.8. The fourth-order valence-electron chi connectivity index (χ4n) is 2.72. The molecule has 2 saturated heterocycles. The van der Waals surface area contributed by atoms with Crippen LogP contribution in [0.1, 0.15) is 12.8 Å². The highest BCUT2D eigenvalue weighted by Gasteiger charge is 2.31. The Kier molecular flexibility index (Phi) is 5.94. The molecule has 0 aromatic heterocycles. The molecular weight excluding hydrogens is 296 g/mol. The Morgan fingerprint density at radius 3 is 2.67 bits per heavy atom. The Hall–Kier alpha value is -0.740. The molecule has 0 aliphatic carbocycles. The summed E-state index contributed by atoms with van der Waals surface area (Å²) in [6.45, 7) is 5.20. The highest BCUT2D eigenvalue weighted by Crippen LogP contribution is 2.18. The van der Waals surface area contributed by atoms with Crippen LogP contribution >= 0.6 is 0 Å². The second kappa shape index (κ2) is 7.50. The summed E-state index contributed by atoms with van der Waals surface area (Å²) in [6, 6.07) is 0. The zero-order chi connectivity index (χ0) is 15.3. The first kappa shape index (κ1) is 16.6. The minimum absolute atomic E-state index is 0.0678. The first-order valence-electron chi connectivity index (χ1n) is 7.39. The molecule has 9 heteroatoms. The van der Waals surface area contributed by atoms with Crippen LogP contribution in [0.25, 0.3) is 0 Å². The van der Waals surface area contributed by atoms with Crippen LogP contribution in [0.2, 0.25) is 0 Å². The fourth-order valence-corrected chi connectivity index (χ4v) is 4.00. The van der Waals surface area contributed by atoms with E-state index in [0.717, 1.165) is 26.2 Å². The van der Waals surface area contributed by atoms with Gasteiger partial charge in [-0.2, -0.15) is 12.7 Å². The van der Waals surface area contributed by atoms with Crippen molar-refractivity contribution in [2.45, 2.75) is 12.8 Å². The van der Waals surface area contributed by atoms with Crippen molar-refractivity contribution in [2.75, 3.05) is 52.4 Å². The van der Waals surface area contributed by atoms with Crippen molar-refractivity contribution < 1.29 is 18.3 Å². The summed E-state index contributed by atoms with van der Waals surface area (Å²) in [5, 5.41) is 12.3. The molecule has 0 radical (unpaired) electrons. The maximum Gasteiger partial charge on any atom is 0.307 e. The van der Waals surface area contributed by atoms with Crippen LogP contribution < -0.4 is 10.0 Å². The monoisotopic (exact) mass is 320 g/mol. The van der Waals surface area contributed by atoms with Gasteiger partial charge in [0.25, 0.3) is 10.2 Å². The van der Waals surface area contributed by atoms with Crippen molar-refractivity contribution >= 4 is 16.2 Å². The van der Waals surface area contributed by atoms with Crippen LogP contribution in [0.3, 0.4) is 0 Å². The van der Waals surface area contributed by atoms with E-state index in [1.165, 1.54) is 4.31 Å².